The molecule has 0 spiro atoms. The van der Waals surface area contributed by atoms with Crippen LogP contribution in [0.5, 0.6) is 0 Å². The van der Waals surface area contributed by atoms with Gasteiger partial charge in [-0.2, -0.15) is 0 Å². The lowest BCUT2D eigenvalue weighted by molar-refractivity contribution is 0.617. The fourth-order valence-electron chi connectivity index (χ4n) is 2.42. The summed E-state index contributed by atoms with van der Waals surface area (Å²) < 4.78 is 12.6. The number of hydrogen-bond donors (Lipinski definition) is 0. The Balaban J connectivity index is 0.000000220. The molecule has 0 aliphatic carbocycles. The van der Waals surface area contributed by atoms with Gasteiger partial charge in [0.2, 0.25) is 0 Å². The van der Waals surface area contributed by atoms with Crippen LogP contribution >= 0.6 is 0 Å². The maximum Gasteiger partial charge on any atom is 0.126 e. The Bertz CT molecular complexity index is 901. The van der Waals surface area contributed by atoms with Crippen LogP contribution in [0.1, 0.15) is 44.8 Å². The van der Waals surface area contributed by atoms with Gasteiger partial charge in [-0.3, -0.25) is 9.97 Å². The van der Waals surface area contributed by atoms with E-state index in [0.717, 1.165) is 17.0 Å². The zero-order valence-corrected chi connectivity index (χ0v) is 21.3. The molecule has 2 nitrogen and oxygen atoms in total. The number of rotatable bonds is 0. The van der Waals surface area contributed by atoms with E-state index in [4.69, 9.17) is 0 Å². The number of halogens is 1. The molecule has 0 amide bonds. The molecule has 174 valence electrons. The molecule has 3 heteroatoms. The summed E-state index contributed by atoms with van der Waals surface area (Å²) in [4.78, 5) is 8.16. The highest BCUT2D eigenvalue weighted by molar-refractivity contribution is 5.22. The van der Waals surface area contributed by atoms with Crippen LogP contribution in [-0.2, 0) is 0 Å². The summed E-state index contributed by atoms with van der Waals surface area (Å²) >= 11 is 0. The molecular weight excluding hydrogens is 407 g/mol. The minimum Gasteiger partial charge on any atom is -0.261 e. The number of benzene rings is 2. The maximum atomic E-state index is 12.6. The summed E-state index contributed by atoms with van der Waals surface area (Å²) in [6.07, 6.45) is 3.74. The fourth-order valence-corrected chi connectivity index (χ4v) is 2.42. The van der Waals surface area contributed by atoms with Crippen molar-refractivity contribution in [2.24, 2.45) is 0 Å². The monoisotopic (exact) mass is 444 g/mol. The SMILES string of the molecule is Cc1ccc(C)c(F)c1.Cc1ccc(C)cc1.Cc1ccc(C)nc1.Cc1ccc(C)nc1. The molecular formula is C30H37FN2. The Morgan fingerprint density at radius 3 is 1.09 bits per heavy atom. The van der Waals surface area contributed by atoms with Crippen LogP contribution in [0.25, 0.3) is 0 Å². The predicted molar refractivity (Wildman–Crippen MR) is 139 cm³/mol. The molecule has 0 radical (unpaired) electrons. The van der Waals surface area contributed by atoms with Crippen molar-refractivity contribution in [2.45, 2.75) is 55.4 Å². The normalized spacial score (nSPS) is 9.36. The van der Waals surface area contributed by atoms with Gasteiger partial charge in [0.15, 0.2) is 0 Å². The quantitative estimate of drug-likeness (QED) is 0.273. The molecule has 0 saturated carbocycles. The number of nitrogens with zero attached hydrogens (tertiary/aromatic N) is 2. The number of pyridine rings is 2. The largest absolute Gasteiger partial charge is 0.261 e. The standard InChI is InChI=1S/C8H9F.C8H10.2C7H9N/c1-6-3-4-7(2)8(9)5-6;1-7-3-5-8(2)6-4-7;2*1-6-3-4-7(2)8-5-6/h3-5H,1-2H3;3-6H,1-2H3;2*3-5H,1-2H3. The van der Waals surface area contributed by atoms with Gasteiger partial charge in [0.05, 0.1) is 0 Å². The van der Waals surface area contributed by atoms with E-state index in [1.807, 2.05) is 65.2 Å². The van der Waals surface area contributed by atoms with Crippen molar-refractivity contribution >= 4 is 0 Å². The first-order chi connectivity index (χ1) is 15.6. The molecule has 0 fully saturated rings. The van der Waals surface area contributed by atoms with Crippen molar-refractivity contribution in [1.29, 1.82) is 0 Å². The van der Waals surface area contributed by atoms with Gasteiger partial charge in [-0.1, -0.05) is 59.7 Å². The van der Waals surface area contributed by atoms with Crippen LogP contribution in [-0.4, -0.2) is 9.97 Å². The Hall–Kier alpha value is -3.33. The number of hydrogen-bond acceptors (Lipinski definition) is 2. The molecule has 0 N–H and O–H groups in total. The Morgan fingerprint density at radius 1 is 0.455 bits per heavy atom. The molecule has 33 heavy (non-hydrogen) atoms. The second kappa shape index (κ2) is 14.7. The van der Waals surface area contributed by atoms with Crippen molar-refractivity contribution < 1.29 is 4.39 Å². The molecule has 2 aromatic heterocycles. The van der Waals surface area contributed by atoms with Crippen molar-refractivity contribution in [2.75, 3.05) is 0 Å². The van der Waals surface area contributed by atoms with E-state index in [1.54, 1.807) is 13.0 Å². The molecule has 0 bridgehead atoms. The topological polar surface area (TPSA) is 25.8 Å². The zero-order chi connectivity index (χ0) is 24.8. The average molecular weight is 445 g/mol. The van der Waals surface area contributed by atoms with Gasteiger partial charge in [-0.05, 0) is 95.8 Å². The molecule has 0 saturated heterocycles. The lowest BCUT2D eigenvalue weighted by Gasteiger charge is -1.94. The van der Waals surface area contributed by atoms with Crippen molar-refractivity contribution in [3.05, 3.63) is 130 Å². The second-order valence-electron chi connectivity index (χ2n) is 8.36. The summed E-state index contributed by atoms with van der Waals surface area (Å²) in [5, 5.41) is 0. The second-order valence-corrected chi connectivity index (χ2v) is 8.36. The van der Waals surface area contributed by atoms with E-state index < -0.39 is 0 Å². The van der Waals surface area contributed by atoms with E-state index in [9.17, 15) is 4.39 Å². The fraction of sp³-hybridized carbons (Fsp3) is 0.267. The number of aryl methyl sites for hydroxylation is 8. The van der Waals surface area contributed by atoms with Crippen LogP contribution < -0.4 is 0 Å². The third kappa shape index (κ3) is 13.0. The van der Waals surface area contributed by atoms with Gasteiger partial charge in [-0.15, -0.1) is 0 Å². The van der Waals surface area contributed by atoms with Crippen LogP contribution in [0, 0.1) is 61.2 Å². The van der Waals surface area contributed by atoms with E-state index in [-0.39, 0.29) is 5.82 Å². The average Bonchev–Trinajstić information content (AvgIpc) is 2.79. The lowest BCUT2D eigenvalue weighted by Crippen LogP contribution is -1.81. The van der Waals surface area contributed by atoms with Gasteiger partial charge in [0, 0.05) is 23.8 Å². The summed E-state index contributed by atoms with van der Waals surface area (Å²) in [5.41, 5.74) is 8.93. The minimum atomic E-state index is -0.116. The molecule has 2 aromatic carbocycles. The Labute approximate surface area is 199 Å². The van der Waals surface area contributed by atoms with Gasteiger partial charge in [0.25, 0.3) is 0 Å². The first-order valence-electron chi connectivity index (χ1n) is 11.1. The van der Waals surface area contributed by atoms with Gasteiger partial charge in [0.1, 0.15) is 5.82 Å². The van der Waals surface area contributed by atoms with Crippen LogP contribution in [0.4, 0.5) is 4.39 Å². The molecule has 4 aromatic rings. The third-order valence-corrected chi connectivity index (χ3v) is 4.66. The zero-order valence-electron chi connectivity index (χ0n) is 21.3. The van der Waals surface area contributed by atoms with Gasteiger partial charge in [-0.25, -0.2) is 4.39 Å². The minimum absolute atomic E-state index is 0.116. The van der Waals surface area contributed by atoms with Crippen molar-refractivity contribution in [3.63, 3.8) is 0 Å². The number of aromatic nitrogens is 2. The first kappa shape index (κ1) is 27.7. The van der Waals surface area contributed by atoms with Gasteiger partial charge >= 0.3 is 0 Å². The van der Waals surface area contributed by atoms with Crippen LogP contribution in [0.3, 0.4) is 0 Å². The van der Waals surface area contributed by atoms with E-state index >= 15 is 0 Å². The highest BCUT2D eigenvalue weighted by atomic mass is 19.1. The highest BCUT2D eigenvalue weighted by Crippen LogP contribution is 2.07. The molecule has 4 rings (SSSR count). The van der Waals surface area contributed by atoms with Crippen LogP contribution in [0.15, 0.2) is 79.1 Å². The highest BCUT2D eigenvalue weighted by Gasteiger charge is 1.93. The van der Waals surface area contributed by atoms with Crippen molar-refractivity contribution in [1.82, 2.24) is 9.97 Å². The summed E-state index contributed by atoms with van der Waals surface area (Å²) in [6, 6.07) is 21.8. The maximum absolute atomic E-state index is 12.6. The van der Waals surface area contributed by atoms with E-state index in [2.05, 4.69) is 60.2 Å². The molecule has 0 atom stereocenters. The molecule has 0 aliphatic heterocycles. The predicted octanol–water partition coefficient (Wildman–Crippen LogP) is 8.14. The lowest BCUT2D eigenvalue weighted by atomic mass is 10.2. The van der Waals surface area contributed by atoms with E-state index in [0.29, 0.717) is 5.56 Å². The molecule has 2 heterocycles. The van der Waals surface area contributed by atoms with Crippen LogP contribution in [0.2, 0.25) is 0 Å². The Morgan fingerprint density at radius 2 is 0.818 bits per heavy atom. The summed E-state index contributed by atoms with van der Waals surface area (Å²) in [5.74, 6) is -0.116. The Kier molecular flexibility index (Phi) is 12.3. The summed E-state index contributed by atoms with van der Waals surface area (Å²) in [6.45, 7) is 15.9. The smallest absolute Gasteiger partial charge is 0.126 e. The third-order valence-electron chi connectivity index (χ3n) is 4.66. The van der Waals surface area contributed by atoms with Crippen molar-refractivity contribution in [3.8, 4) is 0 Å². The molecule has 0 unspecified atom stereocenters. The van der Waals surface area contributed by atoms with Gasteiger partial charge < -0.3 is 0 Å². The van der Waals surface area contributed by atoms with E-state index in [1.165, 1.54) is 28.3 Å². The molecule has 0 aliphatic rings. The summed E-state index contributed by atoms with van der Waals surface area (Å²) in [7, 11) is 0. The first-order valence-corrected chi connectivity index (χ1v) is 11.1.